The number of hydrogen-bond acceptors (Lipinski definition) is 5. The molecule has 10 nitrogen and oxygen atoms in total. The highest BCUT2D eigenvalue weighted by atomic mass is 16.2. The van der Waals surface area contributed by atoms with Crippen LogP contribution in [0, 0.1) is 40.4 Å². The first-order valence-electron chi connectivity index (χ1n) is 17.7. The number of nitrogens with one attached hydrogen (secondary N) is 3. The third kappa shape index (κ3) is 6.66. The number of hydrogen-bond donors (Lipinski definition) is 4. The number of benzene rings is 1. The lowest BCUT2D eigenvalue weighted by molar-refractivity contribution is -0.145. The molecule has 0 aromatic heterocycles. The molecule has 1 aromatic carbocycles. The van der Waals surface area contributed by atoms with Crippen LogP contribution < -0.4 is 21.7 Å². The van der Waals surface area contributed by atoms with Crippen molar-refractivity contribution in [3.8, 4) is 0 Å². The Morgan fingerprint density at radius 3 is 2.17 bits per heavy atom. The molecule has 0 radical (unpaired) electrons. The number of nitrogens with two attached hydrogens (primary N) is 1. The first-order valence-corrected chi connectivity index (χ1v) is 17.7. The molecular weight excluding hydrogens is 594 g/mol. The second-order valence-electron chi connectivity index (χ2n) is 17.0. The fraction of sp³-hybridized carbons (Fsp3) is 0.703. The van der Waals surface area contributed by atoms with Crippen molar-refractivity contribution in [2.45, 2.75) is 116 Å². The van der Waals surface area contributed by atoms with Crippen LogP contribution in [0.5, 0.6) is 0 Å². The third-order valence-corrected chi connectivity index (χ3v) is 12.3. The van der Waals surface area contributed by atoms with E-state index in [-0.39, 0.29) is 40.6 Å². The van der Waals surface area contributed by atoms with Gasteiger partial charge in [-0.05, 0) is 78.1 Å². The molecule has 1 aliphatic heterocycles. The molecule has 2 unspecified atom stereocenters. The fourth-order valence-corrected chi connectivity index (χ4v) is 9.34. The molecule has 1 aromatic rings. The van der Waals surface area contributed by atoms with Gasteiger partial charge in [-0.25, -0.2) is 4.79 Å². The Labute approximate surface area is 278 Å². The summed E-state index contributed by atoms with van der Waals surface area (Å²) in [5.41, 5.74) is 5.35. The summed E-state index contributed by atoms with van der Waals surface area (Å²) in [4.78, 5) is 68.5. The van der Waals surface area contributed by atoms with Gasteiger partial charge in [0.25, 0.3) is 5.91 Å². The van der Waals surface area contributed by atoms with Crippen molar-refractivity contribution in [2.24, 2.45) is 46.2 Å². The topological polar surface area (TPSA) is 151 Å². The minimum absolute atomic E-state index is 0.0851. The van der Waals surface area contributed by atoms with Gasteiger partial charge in [0.2, 0.25) is 17.6 Å². The summed E-state index contributed by atoms with van der Waals surface area (Å²) in [5.74, 6) is -1.36. The second-order valence-corrected chi connectivity index (χ2v) is 17.0. The summed E-state index contributed by atoms with van der Waals surface area (Å²) in [5, 5.41) is 9.32. The van der Waals surface area contributed by atoms with E-state index in [0.29, 0.717) is 24.8 Å². The lowest BCUT2D eigenvalue weighted by Crippen LogP contribution is -2.65. The highest BCUT2D eigenvalue weighted by molar-refractivity contribution is 6.37. The van der Waals surface area contributed by atoms with Gasteiger partial charge < -0.3 is 26.6 Å². The monoisotopic (exact) mass is 647 g/mol. The lowest BCUT2D eigenvalue weighted by Gasteiger charge is -2.52. The molecule has 10 heteroatoms. The molecule has 5 saturated carbocycles. The molecule has 6 aliphatic rings. The zero-order valence-corrected chi connectivity index (χ0v) is 28.6. The van der Waals surface area contributed by atoms with E-state index in [1.807, 2.05) is 39.0 Å². The number of rotatable bonds is 11. The highest BCUT2D eigenvalue weighted by Crippen LogP contribution is 2.65. The van der Waals surface area contributed by atoms with Gasteiger partial charge in [-0.3, -0.25) is 19.2 Å². The van der Waals surface area contributed by atoms with E-state index in [0.717, 1.165) is 38.5 Å². The number of likely N-dealkylation sites (tertiary alicyclic amines) is 1. The summed E-state index contributed by atoms with van der Waals surface area (Å²) in [6.07, 6.45) is 8.48. The standard InChI is InChI=1S/C37H53N5O5/c1-35(2,3)30(40-34(47)41-37(18-22-9-7-6-8-10-22)19-23-13-15-24(37)16-14-23)33(46)42-20-25-27(36(25,4)5)28(42)32(45)39-26(17-21-11-12-21)29(43)31(38)44/h6-10,21,23-28,30H,11-20H2,1-5H3,(H2,38,44)(H,39,45)(H2,40,41,47)/t23?,24?,25-,26?,27-,28-,30+,37?/m0/s1. The van der Waals surface area contributed by atoms with Crippen LogP contribution in [-0.4, -0.2) is 64.6 Å². The summed E-state index contributed by atoms with van der Waals surface area (Å²) in [6, 6.07) is 7.24. The Morgan fingerprint density at radius 1 is 0.957 bits per heavy atom. The molecule has 0 spiro atoms. The third-order valence-electron chi connectivity index (χ3n) is 12.3. The minimum Gasteiger partial charge on any atom is -0.363 e. The van der Waals surface area contributed by atoms with Crippen LogP contribution in [0.1, 0.15) is 91.5 Å². The molecule has 47 heavy (non-hydrogen) atoms. The summed E-state index contributed by atoms with van der Waals surface area (Å²) < 4.78 is 0. The molecule has 1 heterocycles. The number of primary amides is 1. The first-order chi connectivity index (χ1) is 22.1. The van der Waals surface area contributed by atoms with Gasteiger partial charge in [0.15, 0.2) is 0 Å². The number of Topliss-reactive ketones (excluding diaryl/α,β-unsaturated/α-hetero) is 1. The van der Waals surface area contributed by atoms with Crippen molar-refractivity contribution in [3.05, 3.63) is 35.9 Å². The van der Waals surface area contributed by atoms with Crippen LogP contribution in [0.3, 0.4) is 0 Å². The highest BCUT2D eigenvalue weighted by Gasteiger charge is 2.70. The van der Waals surface area contributed by atoms with E-state index in [4.69, 9.17) is 5.73 Å². The van der Waals surface area contributed by atoms with Crippen molar-refractivity contribution in [2.75, 3.05) is 6.54 Å². The fourth-order valence-electron chi connectivity index (χ4n) is 9.34. The van der Waals surface area contributed by atoms with E-state index in [2.05, 4.69) is 41.9 Å². The number of nitrogens with zero attached hydrogens (tertiary/aromatic N) is 1. The molecule has 5 aliphatic carbocycles. The number of fused-ring (bicyclic) bond motifs is 4. The number of carbonyl (C=O) groups is 5. The first kappa shape index (κ1) is 33.5. The molecule has 1 saturated heterocycles. The van der Waals surface area contributed by atoms with Crippen molar-refractivity contribution in [1.29, 1.82) is 0 Å². The largest absolute Gasteiger partial charge is 0.363 e. The number of amides is 5. The van der Waals surface area contributed by atoms with Crippen LogP contribution in [0.15, 0.2) is 30.3 Å². The minimum atomic E-state index is -1.07. The maximum Gasteiger partial charge on any atom is 0.315 e. The van der Waals surface area contributed by atoms with Crippen molar-refractivity contribution in [1.82, 2.24) is 20.9 Å². The predicted octanol–water partition coefficient (Wildman–Crippen LogP) is 3.71. The normalized spacial score (nSPS) is 31.7. The van der Waals surface area contributed by atoms with E-state index < -0.39 is 41.1 Å². The number of urea groups is 1. The Bertz CT molecular complexity index is 1410. The predicted molar refractivity (Wildman–Crippen MR) is 178 cm³/mol. The zero-order chi connectivity index (χ0) is 33.9. The van der Waals surface area contributed by atoms with Gasteiger partial charge in [-0.2, -0.15) is 0 Å². The maximum atomic E-state index is 14.5. The van der Waals surface area contributed by atoms with Gasteiger partial charge in [0.05, 0.1) is 6.04 Å². The van der Waals surface area contributed by atoms with Gasteiger partial charge in [-0.1, -0.05) is 90.6 Å². The molecule has 256 valence electrons. The van der Waals surface area contributed by atoms with Gasteiger partial charge in [-0.15, -0.1) is 0 Å². The molecular formula is C37H53N5O5. The van der Waals surface area contributed by atoms with Gasteiger partial charge in [0.1, 0.15) is 12.1 Å². The Hall–Kier alpha value is -3.43. The average molecular weight is 648 g/mol. The van der Waals surface area contributed by atoms with Crippen molar-refractivity contribution >= 4 is 29.5 Å². The van der Waals surface area contributed by atoms with Gasteiger partial charge in [0, 0.05) is 12.1 Å². The number of piperidine rings is 1. The zero-order valence-electron chi connectivity index (χ0n) is 28.6. The van der Waals surface area contributed by atoms with Crippen LogP contribution in [-0.2, 0) is 25.6 Å². The molecule has 6 fully saturated rings. The van der Waals surface area contributed by atoms with Crippen molar-refractivity contribution < 1.29 is 24.0 Å². The van der Waals surface area contributed by atoms with E-state index in [9.17, 15) is 24.0 Å². The van der Waals surface area contributed by atoms with Crippen LogP contribution in [0.2, 0.25) is 0 Å². The SMILES string of the molecule is CC(C)(C)[C@H](NC(=O)NC1(Cc2ccccc2)CC2CCC1CC2)C(=O)N1C[C@H]2[C@@H]([C@H]1C(=O)NC(CC1CC1)C(=O)C(N)=O)C2(C)C. The molecule has 7 rings (SSSR count). The van der Waals surface area contributed by atoms with E-state index in [1.54, 1.807) is 4.90 Å². The van der Waals surface area contributed by atoms with Crippen LogP contribution in [0.4, 0.5) is 4.79 Å². The smallest absolute Gasteiger partial charge is 0.315 e. The lowest BCUT2D eigenvalue weighted by atomic mass is 9.58. The molecule has 6 atom stereocenters. The second kappa shape index (κ2) is 12.2. The Kier molecular flexibility index (Phi) is 8.71. The molecule has 5 N–H and O–H groups in total. The van der Waals surface area contributed by atoms with E-state index >= 15 is 0 Å². The molecule has 5 amide bonds. The Balaban J connectivity index is 1.21. The average Bonchev–Trinajstić information content (AvgIpc) is 3.86. The summed E-state index contributed by atoms with van der Waals surface area (Å²) in [6.45, 7) is 10.3. The van der Waals surface area contributed by atoms with Crippen LogP contribution in [0.25, 0.3) is 0 Å². The van der Waals surface area contributed by atoms with Crippen LogP contribution >= 0.6 is 0 Å². The number of ketones is 1. The maximum absolute atomic E-state index is 14.5. The Morgan fingerprint density at radius 2 is 1.62 bits per heavy atom. The number of carbonyl (C=O) groups excluding carboxylic acids is 5. The summed E-state index contributed by atoms with van der Waals surface area (Å²) >= 11 is 0. The molecule has 2 bridgehead atoms. The van der Waals surface area contributed by atoms with Crippen molar-refractivity contribution in [3.63, 3.8) is 0 Å². The quantitative estimate of drug-likeness (QED) is 0.270. The van der Waals surface area contributed by atoms with E-state index in [1.165, 1.54) is 18.4 Å². The van der Waals surface area contributed by atoms with Gasteiger partial charge >= 0.3 is 6.03 Å². The summed E-state index contributed by atoms with van der Waals surface area (Å²) in [7, 11) is 0.